The number of hydrogen-bond acceptors (Lipinski definition) is 4. The van der Waals surface area contributed by atoms with Crippen LogP contribution < -0.4 is 5.32 Å². The van der Waals surface area contributed by atoms with Gasteiger partial charge in [0.1, 0.15) is 4.83 Å². The molecule has 3 aromatic heterocycles. The predicted octanol–water partition coefficient (Wildman–Crippen LogP) is 3.58. The van der Waals surface area contributed by atoms with Crippen molar-refractivity contribution in [3.8, 4) is 0 Å². The van der Waals surface area contributed by atoms with Gasteiger partial charge in [-0.25, -0.2) is 4.98 Å². The molecule has 1 N–H and O–H groups in total. The molecule has 0 radical (unpaired) electrons. The fourth-order valence-electron chi connectivity index (χ4n) is 2.41. The minimum absolute atomic E-state index is 0.0251. The lowest BCUT2D eigenvalue weighted by molar-refractivity contribution is 0.0958. The average molecular weight is 327 g/mol. The normalized spacial score (nSPS) is 11.3. The summed E-state index contributed by atoms with van der Waals surface area (Å²) in [5.41, 5.74) is 2.24. The number of nitrogens with zero attached hydrogens (tertiary/aromatic N) is 2. The van der Waals surface area contributed by atoms with E-state index in [9.17, 15) is 4.79 Å². The lowest BCUT2D eigenvalue weighted by Gasteiger charge is -2.03. The van der Waals surface area contributed by atoms with Crippen LogP contribution in [0.15, 0.2) is 48.0 Å². The van der Waals surface area contributed by atoms with Crippen molar-refractivity contribution in [3.05, 3.63) is 58.4 Å². The summed E-state index contributed by atoms with van der Waals surface area (Å²) in [6.07, 6.45) is 2.82. The quantitative estimate of drug-likeness (QED) is 0.623. The molecule has 1 aromatic carbocycles. The molecular formula is C16H13N3OS2. The van der Waals surface area contributed by atoms with Crippen LogP contribution >= 0.6 is 22.7 Å². The number of hydrogen-bond donors (Lipinski definition) is 1. The van der Waals surface area contributed by atoms with Crippen molar-refractivity contribution in [2.24, 2.45) is 0 Å². The van der Waals surface area contributed by atoms with E-state index in [0.717, 1.165) is 21.7 Å². The first-order chi connectivity index (χ1) is 10.8. The SMILES string of the molecule is O=C(NCCc1ccccc1)c1cc2c(nc3sccn32)s1. The Bertz CT molecular complexity index is 936. The van der Waals surface area contributed by atoms with Gasteiger partial charge in [0.05, 0.1) is 10.4 Å². The maximum Gasteiger partial charge on any atom is 0.261 e. The van der Waals surface area contributed by atoms with Crippen molar-refractivity contribution in [2.45, 2.75) is 6.42 Å². The largest absolute Gasteiger partial charge is 0.351 e. The Kier molecular flexibility index (Phi) is 3.40. The molecule has 3 heterocycles. The van der Waals surface area contributed by atoms with Gasteiger partial charge >= 0.3 is 0 Å². The molecule has 1 amide bonds. The number of thiophene rings is 1. The van der Waals surface area contributed by atoms with Gasteiger partial charge in [-0.05, 0) is 18.1 Å². The van der Waals surface area contributed by atoms with E-state index < -0.39 is 0 Å². The average Bonchev–Trinajstić information content (AvgIpc) is 3.19. The highest BCUT2D eigenvalue weighted by molar-refractivity contribution is 7.21. The van der Waals surface area contributed by atoms with E-state index in [1.54, 1.807) is 11.3 Å². The van der Waals surface area contributed by atoms with Gasteiger partial charge in [0.25, 0.3) is 5.91 Å². The van der Waals surface area contributed by atoms with E-state index in [1.165, 1.54) is 16.9 Å². The monoisotopic (exact) mass is 327 g/mol. The van der Waals surface area contributed by atoms with Gasteiger partial charge in [-0.3, -0.25) is 9.20 Å². The molecule has 0 spiro atoms. The van der Waals surface area contributed by atoms with Crippen LogP contribution in [-0.4, -0.2) is 21.8 Å². The predicted molar refractivity (Wildman–Crippen MR) is 90.9 cm³/mol. The second kappa shape index (κ2) is 5.55. The molecule has 4 nitrogen and oxygen atoms in total. The van der Waals surface area contributed by atoms with Gasteiger partial charge in [0.15, 0.2) is 4.96 Å². The molecule has 0 aliphatic rings. The third kappa shape index (κ3) is 2.40. The number of benzene rings is 1. The summed E-state index contributed by atoms with van der Waals surface area (Å²) in [6.45, 7) is 0.638. The van der Waals surface area contributed by atoms with Gasteiger partial charge in [-0.1, -0.05) is 30.3 Å². The fraction of sp³-hybridized carbons (Fsp3) is 0.125. The summed E-state index contributed by atoms with van der Waals surface area (Å²) in [4.78, 5) is 19.4. The molecule has 0 fully saturated rings. The standard InChI is InChI=1S/C16H13N3OS2/c20-14(17-7-6-11-4-2-1-3-5-11)13-10-12-15(22-13)18-16-19(12)8-9-21-16/h1-5,8-10H,6-7H2,(H,17,20). The van der Waals surface area contributed by atoms with Crippen LogP contribution in [0.4, 0.5) is 0 Å². The summed E-state index contributed by atoms with van der Waals surface area (Å²) >= 11 is 3.05. The van der Waals surface area contributed by atoms with Crippen LogP contribution in [0.1, 0.15) is 15.2 Å². The summed E-state index contributed by atoms with van der Waals surface area (Å²) in [5.74, 6) is -0.0251. The van der Waals surface area contributed by atoms with Crippen LogP contribution in [0.3, 0.4) is 0 Å². The van der Waals surface area contributed by atoms with Crippen LogP contribution in [0.25, 0.3) is 15.3 Å². The molecule has 4 rings (SSSR count). The zero-order valence-electron chi connectivity index (χ0n) is 11.7. The molecule has 0 saturated heterocycles. The Morgan fingerprint density at radius 3 is 3.00 bits per heavy atom. The molecule has 110 valence electrons. The third-order valence-corrected chi connectivity index (χ3v) is 5.28. The number of carbonyl (C=O) groups excluding carboxylic acids is 1. The third-order valence-electron chi connectivity index (χ3n) is 3.51. The van der Waals surface area contributed by atoms with Crippen molar-refractivity contribution in [1.82, 2.24) is 14.7 Å². The minimum Gasteiger partial charge on any atom is -0.351 e. The topological polar surface area (TPSA) is 46.4 Å². The number of rotatable bonds is 4. The summed E-state index contributed by atoms with van der Waals surface area (Å²) < 4.78 is 2.03. The fourth-order valence-corrected chi connectivity index (χ4v) is 4.13. The van der Waals surface area contributed by atoms with Crippen molar-refractivity contribution in [3.63, 3.8) is 0 Å². The summed E-state index contributed by atoms with van der Waals surface area (Å²) in [5, 5.41) is 4.98. The first kappa shape index (κ1) is 13.5. The number of amides is 1. The zero-order valence-corrected chi connectivity index (χ0v) is 13.3. The number of carbonyl (C=O) groups is 1. The Morgan fingerprint density at radius 1 is 1.27 bits per heavy atom. The summed E-state index contributed by atoms with van der Waals surface area (Å²) in [6, 6.07) is 12.1. The Morgan fingerprint density at radius 2 is 2.14 bits per heavy atom. The smallest absolute Gasteiger partial charge is 0.261 e. The molecule has 0 aliphatic heterocycles. The maximum absolute atomic E-state index is 12.2. The van der Waals surface area contributed by atoms with Gasteiger partial charge in [-0.2, -0.15) is 0 Å². The van der Waals surface area contributed by atoms with Crippen LogP contribution in [0, 0.1) is 0 Å². The molecule has 4 aromatic rings. The number of nitrogens with one attached hydrogen (secondary N) is 1. The minimum atomic E-state index is -0.0251. The number of thiazole rings is 1. The van der Waals surface area contributed by atoms with Gasteiger partial charge < -0.3 is 5.32 Å². The first-order valence-corrected chi connectivity index (χ1v) is 8.68. The van der Waals surface area contributed by atoms with Crippen molar-refractivity contribution in [1.29, 1.82) is 0 Å². The number of imidazole rings is 1. The van der Waals surface area contributed by atoms with Crippen molar-refractivity contribution >= 4 is 43.9 Å². The molecule has 22 heavy (non-hydrogen) atoms. The Balaban J connectivity index is 1.46. The zero-order chi connectivity index (χ0) is 14.9. The highest BCUT2D eigenvalue weighted by Gasteiger charge is 2.14. The first-order valence-electron chi connectivity index (χ1n) is 6.98. The molecule has 0 aliphatic carbocycles. The Hall–Kier alpha value is -2.18. The second-order valence-electron chi connectivity index (χ2n) is 4.96. The molecule has 0 bridgehead atoms. The van der Waals surface area contributed by atoms with Crippen molar-refractivity contribution in [2.75, 3.05) is 6.54 Å². The highest BCUT2D eigenvalue weighted by Crippen LogP contribution is 2.28. The number of aromatic nitrogens is 2. The number of fused-ring (bicyclic) bond motifs is 3. The van der Waals surface area contributed by atoms with Crippen LogP contribution in [0.2, 0.25) is 0 Å². The van der Waals surface area contributed by atoms with E-state index in [0.29, 0.717) is 11.4 Å². The summed E-state index contributed by atoms with van der Waals surface area (Å²) in [7, 11) is 0. The molecule has 6 heteroatoms. The molecule has 0 atom stereocenters. The van der Waals surface area contributed by atoms with Crippen LogP contribution in [-0.2, 0) is 6.42 Å². The van der Waals surface area contributed by atoms with E-state index in [-0.39, 0.29) is 5.91 Å². The second-order valence-corrected chi connectivity index (χ2v) is 6.86. The van der Waals surface area contributed by atoms with Gasteiger partial charge in [0, 0.05) is 18.1 Å². The molecule has 0 unspecified atom stereocenters. The molecular weight excluding hydrogens is 314 g/mol. The maximum atomic E-state index is 12.2. The molecule has 0 saturated carbocycles. The van der Waals surface area contributed by atoms with E-state index in [1.807, 2.05) is 40.2 Å². The van der Waals surface area contributed by atoms with Gasteiger partial charge in [0.2, 0.25) is 0 Å². The van der Waals surface area contributed by atoms with Crippen molar-refractivity contribution < 1.29 is 4.79 Å². The lowest BCUT2D eigenvalue weighted by Crippen LogP contribution is -2.24. The Labute approximate surface area is 135 Å². The lowest BCUT2D eigenvalue weighted by atomic mass is 10.1. The van der Waals surface area contributed by atoms with E-state index in [4.69, 9.17) is 0 Å². The highest BCUT2D eigenvalue weighted by atomic mass is 32.1. The van der Waals surface area contributed by atoms with E-state index in [2.05, 4.69) is 22.4 Å². The van der Waals surface area contributed by atoms with Gasteiger partial charge in [-0.15, -0.1) is 22.7 Å². The van der Waals surface area contributed by atoms with Crippen LogP contribution in [0.5, 0.6) is 0 Å². The van der Waals surface area contributed by atoms with E-state index >= 15 is 0 Å².